The molecule has 0 atom stereocenters. The van der Waals surface area contributed by atoms with Gasteiger partial charge < -0.3 is 9.64 Å². The van der Waals surface area contributed by atoms with Gasteiger partial charge in [0, 0.05) is 31.0 Å². The average molecular weight is 411 g/mol. The summed E-state index contributed by atoms with van der Waals surface area (Å²) in [6.45, 7) is 2.61. The highest BCUT2D eigenvalue weighted by Gasteiger charge is 2.46. The van der Waals surface area contributed by atoms with Gasteiger partial charge in [-0.05, 0) is 24.6 Å². The summed E-state index contributed by atoms with van der Waals surface area (Å²) in [6, 6.07) is 3.41. The lowest BCUT2D eigenvalue weighted by atomic mass is 9.82. The molecule has 8 heteroatoms. The van der Waals surface area contributed by atoms with Crippen molar-refractivity contribution in [3.05, 3.63) is 28.3 Å². The lowest BCUT2D eigenvalue weighted by molar-refractivity contribution is -0.133. The van der Waals surface area contributed by atoms with E-state index in [1.165, 1.54) is 4.90 Å². The van der Waals surface area contributed by atoms with Crippen molar-refractivity contribution in [2.45, 2.75) is 35.6 Å². The highest BCUT2D eigenvalue weighted by Crippen LogP contribution is 2.42. The van der Waals surface area contributed by atoms with E-state index in [4.69, 9.17) is 51.1 Å². The SMILES string of the molecule is Cc1cc(Cl)cc2c1OC1(CCN(C(=O)C(Cl)(Cl)Cl)CC1)CC2=O. The minimum Gasteiger partial charge on any atom is -0.486 e. The number of piperidine rings is 1. The van der Waals surface area contributed by atoms with E-state index < -0.39 is 15.3 Å². The van der Waals surface area contributed by atoms with Crippen molar-refractivity contribution >= 4 is 58.1 Å². The van der Waals surface area contributed by atoms with Crippen LogP contribution in [0.3, 0.4) is 0 Å². The Labute approximate surface area is 159 Å². The van der Waals surface area contributed by atoms with Crippen molar-refractivity contribution in [1.29, 1.82) is 0 Å². The summed E-state index contributed by atoms with van der Waals surface area (Å²) in [6.07, 6.45) is 1.27. The van der Waals surface area contributed by atoms with E-state index in [1.54, 1.807) is 12.1 Å². The zero-order valence-corrected chi connectivity index (χ0v) is 15.9. The average Bonchev–Trinajstić information content (AvgIpc) is 2.48. The van der Waals surface area contributed by atoms with Crippen LogP contribution in [-0.4, -0.2) is 39.1 Å². The van der Waals surface area contributed by atoms with Gasteiger partial charge in [-0.1, -0.05) is 46.4 Å². The minimum atomic E-state index is -1.96. The number of halogens is 4. The summed E-state index contributed by atoms with van der Waals surface area (Å²) in [4.78, 5) is 26.1. The number of alkyl halides is 3. The number of nitrogens with zero attached hydrogens (tertiary/aromatic N) is 1. The van der Waals surface area contributed by atoms with Crippen LogP contribution in [0.15, 0.2) is 12.1 Å². The smallest absolute Gasteiger partial charge is 0.274 e. The quantitative estimate of drug-likeness (QED) is 0.597. The molecular formula is C16H15Cl4NO3. The van der Waals surface area contributed by atoms with Gasteiger partial charge >= 0.3 is 0 Å². The first-order chi connectivity index (χ1) is 11.1. The molecule has 2 aliphatic rings. The van der Waals surface area contributed by atoms with E-state index >= 15 is 0 Å². The third kappa shape index (κ3) is 3.34. The largest absolute Gasteiger partial charge is 0.486 e. The van der Waals surface area contributed by atoms with Crippen LogP contribution in [-0.2, 0) is 4.79 Å². The molecule has 1 amide bonds. The third-order valence-electron chi connectivity index (χ3n) is 4.55. The van der Waals surface area contributed by atoms with Crippen molar-refractivity contribution in [3.63, 3.8) is 0 Å². The Balaban J connectivity index is 1.80. The third-order valence-corrected chi connectivity index (χ3v) is 5.25. The molecule has 0 aliphatic carbocycles. The Bertz CT molecular complexity index is 706. The molecule has 1 saturated heterocycles. The lowest BCUT2D eigenvalue weighted by Gasteiger charge is -2.44. The minimum absolute atomic E-state index is 0.00278. The topological polar surface area (TPSA) is 46.6 Å². The van der Waals surface area contributed by atoms with Gasteiger partial charge in [0.1, 0.15) is 11.4 Å². The Hall–Kier alpha value is -0.680. The second-order valence-electron chi connectivity index (χ2n) is 6.27. The van der Waals surface area contributed by atoms with E-state index in [0.29, 0.717) is 42.3 Å². The number of ether oxygens (including phenoxy) is 1. The molecular weight excluding hydrogens is 396 g/mol. The number of carbonyl (C=O) groups excluding carboxylic acids is 2. The summed E-state index contributed by atoms with van der Waals surface area (Å²) in [5.74, 6) is 0.0349. The fraction of sp³-hybridized carbons (Fsp3) is 0.500. The fourth-order valence-electron chi connectivity index (χ4n) is 3.29. The number of hydrogen-bond acceptors (Lipinski definition) is 3. The van der Waals surface area contributed by atoms with Crippen LogP contribution in [0.4, 0.5) is 0 Å². The standard InChI is InChI=1S/C16H15Cl4NO3/c1-9-6-10(17)7-11-12(22)8-15(24-13(9)11)2-4-21(5-3-15)14(23)16(18,19)20/h6-7H,2-5,8H2,1H3. The predicted molar refractivity (Wildman–Crippen MR) is 94.6 cm³/mol. The predicted octanol–water partition coefficient (Wildman–Crippen LogP) is 4.35. The molecule has 0 unspecified atom stereocenters. The Kier molecular flexibility index (Phi) is 4.71. The first-order valence-electron chi connectivity index (χ1n) is 7.50. The van der Waals surface area contributed by atoms with Gasteiger partial charge in [0.15, 0.2) is 5.78 Å². The number of benzene rings is 1. The molecule has 1 fully saturated rings. The molecule has 24 heavy (non-hydrogen) atoms. The van der Waals surface area contributed by atoms with Crippen LogP contribution in [0.1, 0.15) is 35.2 Å². The van der Waals surface area contributed by atoms with Crippen molar-refractivity contribution in [1.82, 2.24) is 4.90 Å². The number of aryl methyl sites for hydroxylation is 1. The summed E-state index contributed by atoms with van der Waals surface area (Å²) in [5, 5.41) is 0.516. The second-order valence-corrected chi connectivity index (χ2v) is 8.99. The van der Waals surface area contributed by atoms with Crippen LogP contribution < -0.4 is 4.74 Å². The lowest BCUT2D eigenvalue weighted by Crippen LogP contribution is -2.54. The van der Waals surface area contributed by atoms with Crippen molar-refractivity contribution in [2.24, 2.45) is 0 Å². The van der Waals surface area contributed by atoms with E-state index in [-0.39, 0.29) is 12.2 Å². The van der Waals surface area contributed by atoms with Crippen LogP contribution in [0.25, 0.3) is 0 Å². The first kappa shape index (κ1) is 18.1. The van der Waals surface area contributed by atoms with Gasteiger partial charge in [0.05, 0.1) is 12.0 Å². The van der Waals surface area contributed by atoms with Crippen LogP contribution in [0.5, 0.6) is 5.75 Å². The Morgan fingerprint density at radius 1 is 1.25 bits per heavy atom. The molecule has 1 aromatic carbocycles. The maximum Gasteiger partial charge on any atom is 0.274 e. The van der Waals surface area contributed by atoms with Crippen LogP contribution >= 0.6 is 46.4 Å². The summed E-state index contributed by atoms with van der Waals surface area (Å²) in [7, 11) is 0. The van der Waals surface area contributed by atoms with Gasteiger partial charge in [0.25, 0.3) is 9.70 Å². The highest BCUT2D eigenvalue weighted by molar-refractivity contribution is 6.76. The van der Waals surface area contributed by atoms with E-state index in [9.17, 15) is 9.59 Å². The van der Waals surface area contributed by atoms with Crippen molar-refractivity contribution in [2.75, 3.05) is 13.1 Å². The number of Topliss-reactive ketones (excluding diaryl/α,β-unsaturated/α-hetero) is 1. The number of hydrogen-bond donors (Lipinski definition) is 0. The number of ketones is 1. The number of likely N-dealkylation sites (tertiary alicyclic amines) is 1. The maximum absolute atomic E-state index is 12.6. The number of amides is 1. The molecule has 4 nitrogen and oxygen atoms in total. The van der Waals surface area contributed by atoms with Crippen LogP contribution in [0.2, 0.25) is 5.02 Å². The molecule has 1 spiro atoms. The van der Waals surface area contributed by atoms with E-state index in [1.807, 2.05) is 6.92 Å². The molecule has 0 aromatic heterocycles. The first-order valence-corrected chi connectivity index (χ1v) is 9.01. The van der Waals surface area contributed by atoms with Crippen LogP contribution in [0, 0.1) is 6.92 Å². The molecule has 0 radical (unpaired) electrons. The normalized spacial score (nSPS) is 19.9. The summed E-state index contributed by atoms with van der Waals surface area (Å²) < 4.78 is 4.25. The number of carbonyl (C=O) groups is 2. The Morgan fingerprint density at radius 3 is 2.46 bits per heavy atom. The van der Waals surface area contributed by atoms with Gasteiger partial charge in [-0.3, -0.25) is 9.59 Å². The molecule has 1 aromatic rings. The molecule has 0 N–H and O–H groups in total. The molecule has 3 rings (SSSR count). The molecule has 2 aliphatic heterocycles. The van der Waals surface area contributed by atoms with Gasteiger partial charge in [0.2, 0.25) is 0 Å². The zero-order chi connectivity index (χ0) is 17.7. The number of rotatable bonds is 0. The van der Waals surface area contributed by atoms with E-state index in [2.05, 4.69) is 0 Å². The second kappa shape index (κ2) is 6.24. The highest BCUT2D eigenvalue weighted by atomic mass is 35.6. The van der Waals surface area contributed by atoms with Gasteiger partial charge in [-0.15, -0.1) is 0 Å². The zero-order valence-electron chi connectivity index (χ0n) is 12.9. The van der Waals surface area contributed by atoms with Gasteiger partial charge in [-0.25, -0.2) is 0 Å². The fourth-order valence-corrected chi connectivity index (χ4v) is 3.92. The number of fused-ring (bicyclic) bond motifs is 1. The molecule has 0 saturated carbocycles. The summed E-state index contributed by atoms with van der Waals surface area (Å²) >= 11 is 23.0. The molecule has 2 heterocycles. The van der Waals surface area contributed by atoms with Crippen molar-refractivity contribution < 1.29 is 14.3 Å². The molecule has 130 valence electrons. The molecule has 0 bridgehead atoms. The Morgan fingerprint density at radius 2 is 1.88 bits per heavy atom. The maximum atomic E-state index is 12.6. The van der Waals surface area contributed by atoms with Gasteiger partial charge in [-0.2, -0.15) is 0 Å². The monoisotopic (exact) mass is 409 g/mol. The van der Waals surface area contributed by atoms with Crippen molar-refractivity contribution in [3.8, 4) is 5.75 Å². The van der Waals surface area contributed by atoms with E-state index in [0.717, 1.165) is 5.56 Å². The summed E-state index contributed by atoms with van der Waals surface area (Å²) in [5.41, 5.74) is 0.725.